The molecule has 0 aliphatic rings. The molecule has 1 aromatic carbocycles. The highest BCUT2D eigenvalue weighted by Gasteiger charge is 2.06. The number of hydrogen-bond donors (Lipinski definition) is 1. The van der Waals surface area contributed by atoms with Crippen LogP contribution in [0, 0.1) is 5.82 Å². The molecule has 0 aromatic heterocycles. The van der Waals surface area contributed by atoms with Gasteiger partial charge in [0.2, 0.25) is 0 Å². The molecule has 1 rings (SSSR count). The van der Waals surface area contributed by atoms with E-state index in [1.807, 2.05) is 0 Å². The Hall–Kier alpha value is -1.58. The number of azide groups is 1. The highest BCUT2D eigenvalue weighted by Crippen LogP contribution is 2.16. The van der Waals surface area contributed by atoms with E-state index < -0.39 is 6.04 Å². The molecule has 5 heteroatoms. The monoisotopic (exact) mass is 181 g/mol. The van der Waals surface area contributed by atoms with Crippen molar-refractivity contribution in [1.82, 2.24) is 0 Å². The summed E-state index contributed by atoms with van der Waals surface area (Å²) >= 11 is 0. The number of hydrogen-bond acceptors (Lipinski definition) is 2. The largest absolute Gasteiger partial charge is 0.396 e. The summed E-state index contributed by atoms with van der Waals surface area (Å²) in [5, 5.41) is 12.2. The maximum Gasteiger partial charge on any atom is 0.123 e. The second kappa shape index (κ2) is 4.45. The summed E-state index contributed by atoms with van der Waals surface area (Å²) in [6.45, 7) is -0.282. The van der Waals surface area contributed by atoms with Gasteiger partial charge in [0.15, 0.2) is 0 Å². The normalized spacial score (nSPS) is 11.8. The second-order valence-electron chi connectivity index (χ2n) is 2.45. The maximum atomic E-state index is 12.5. The number of aliphatic hydroxyl groups excluding tert-OH is 1. The topological polar surface area (TPSA) is 69.0 Å². The quantitative estimate of drug-likeness (QED) is 0.433. The molecule has 4 nitrogen and oxygen atoms in total. The molecule has 0 aliphatic carbocycles. The van der Waals surface area contributed by atoms with Crippen LogP contribution in [0.3, 0.4) is 0 Å². The van der Waals surface area contributed by atoms with Gasteiger partial charge in [-0.05, 0) is 23.2 Å². The van der Waals surface area contributed by atoms with Gasteiger partial charge >= 0.3 is 0 Å². The minimum absolute atomic E-state index is 0.282. The van der Waals surface area contributed by atoms with Gasteiger partial charge in [-0.25, -0.2) is 4.39 Å². The van der Waals surface area contributed by atoms with Crippen molar-refractivity contribution in [2.45, 2.75) is 6.04 Å². The molecule has 13 heavy (non-hydrogen) atoms. The van der Waals surface area contributed by atoms with Crippen LogP contribution in [0.25, 0.3) is 10.4 Å². The zero-order valence-corrected chi connectivity index (χ0v) is 6.76. The second-order valence-corrected chi connectivity index (χ2v) is 2.45. The molecule has 1 atom stereocenters. The third-order valence-corrected chi connectivity index (χ3v) is 1.62. The van der Waals surface area contributed by atoms with Gasteiger partial charge in [-0.1, -0.05) is 17.2 Å². The molecule has 0 fully saturated rings. The molecule has 0 amide bonds. The van der Waals surface area contributed by atoms with Crippen molar-refractivity contribution in [3.63, 3.8) is 0 Å². The lowest BCUT2D eigenvalue weighted by molar-refractivity contribution is 0.268. The Bertz CT molecular complexity index is 319. The first-order chi connectivity index (χ1) is 6.27. The molecule has 0 spiro atoms. The number of aliphatic hydroxyl groups is 1. The number of nitrogens with zero attached hydrogens (tertiary/aromatic N) is 3. The van der Waals surface area contributed by atoms with Crippen molar-refractivity contribution < 1.29 is 9.50 Å². The van der Waals surface area contributed by atoms with E-state index in [0.29, 0.717) is 5.56 Å². The zero-order chi connectivity index (χ0) is 9.68. The van der Waals surface area contributed by atoms with Crippen molar-refractivity contribution in [1.29, 1.82) is 0 Å². The van der Waals surface area contributed by atoms with Crippen molar-refractivity contribution in [3.05, 3.63) is 46.1 Å². The lowest BCUT2D eigenvalue weighted by Crippen LogP contribution is -1.99. The lowest BCUT2D eigenvalue weighted by atomic mass is 10.1. The first-order valence-electron chi connectivity index (χ1n) is 3.68. The van der Waals surface area contributed by atoms with Gasteiger partial charge in [0, 0.05) is 4.91 Å². The van der Waals surface area contributed by atoms with E-state index in [1.54, 1.807) is 0 Å². The minimum atomic E-state index is -0.634. The molecule has 0 aliphatic heterocycles. The van der Waals surface area contributed by atoms with Gasteiger partial charge in [-0.15, -0.1) is 0 Å². The Balaban J connectivity index is 2.91. The van der Waals surface area contributed by atoms with Crippen LogP contribution >= 0.6 is 0 Å². The standard InChI is InChI=1S/C8H8FN3O/c9-7-3-1-6(2-4-7)8(5-13)11-12-10/h1-4,8,13H,5H2. The van der Waals surface area contributed by atoms with Gasteiger partial charge in [0.1, 0.15) is 5.82 Å². The average molecular weight is 181 g/mol. The molecule has 0 heterocycles. The van der Waals surface area contributed by atoms with E-state index in [0.717, 1.165) is 0 Å². The Morgan fingerprint density at radius 1 is 1.46 bits per heavy atom. The molecule has 0 bridgehead atoms. The Morgan fingerprint density at radius 3 is 2.54 bits per heavy atom. The van der Waals surface area contributed by atoms with Crippen molar-refractivity contribution in [2.75, 3.05) is 6.61 Å². The number of benzene rings is 1. The minimum Gasteiger partial charge on any atom is -0.396 e. The van der Waals surface area contributed by atoms with E-state index >= 15 is 0 Å². The SMILES string of the molecule is [N-]=[N+]=NC(CO)c1ccc(F)cc1. The van der Waals surface area contributed by atoms with E-state index in [1.165, 1.54) is 24.3 Å². The molecule has 0 radical (unpaired) electrons. The fourth-order valence-corrected chi connectivity index (χ4v) is 0.956. The number of halogens is 1. The van der Waals surface area contributed by atoms with Crippen LogP contribution in [0.2, 0.25) is 0 Å². The van der Waals surface area contributed by atoms with Gasteiger partial charge in [0.05, 0.1) is 12.6 Å². The summed E-state index contributed by atoms with van der Waals surface area (Å²) < 4.78 is 12.5. The Labute approximate surface area is 74.3 Å². The smallest absolute Gasteiger partial charge is 0.123 e. The predicted octanol–water partition coefficient (Wildman–Crippen LogP) is 2.17. The van der Waals surface area contributed by atoms with E-state index in [4.69, 9.17) is 10.6 Å². The van der Waals surface area contributed by atoms with Crippen LogP contribution in [0.4, 0.5) is 4.39 Å². The molecule has 68 valence electrons. The summed E-state index contributed by atoms with van der Waals surface area (Å²) in [4.78, 5) is 2.58. The van der Waals surface area contributed by atoms with Crippen molar-refractivity contribution in [2.24, 2.45) is 5.11 Å². The molecule has 1 aromatic rings. The average Bonchev–Trinajstić information content (AvgIpc) is 2.16. The zero-order valence-electron chi connectivity index (χ0n) is 6.76. The van der Waals surface area contributed by atoms with Crippen LogP contribution in [-0.4, -0.2) is 11.7 Å². The predicted molar refractivity (Wildman–Crippen MR) is 45.4 cm³/mol. The van der Waals surface area contributed by atoms with E-state index in [9.17, 15) is 4.39 Å². The van der Waals surface area contributed by atoms with Crippen LogP contribution in [0.1, 0.15) is 11.6 Å². The summed E-state index contributed by atoms with van der Waals surface area (Å²) in [6.07, 6.45) is 0. The fraction of sp³-hybridized carbons (Fsp3) is 0.250. The summed E-state index contributed by atoms with van der Waals surface area (Å²) in [5.74, 6) is -0.360. The van der Waals surface area contributed by atoms with Gasteiger partial charge in [-0.2, -0.15) is 0 Å². The third-order valence-electron chi connectivity index (χ3n) is 1.62. The molecule has 0 saturated heterocycles. The molecule has 0 saturated carbocycles. The summed E-state index contributed by atoms with van der Waals surface area (Å²) in [6, 6.07) is 4.83. The fourth-order valence-electron chi connectivity index (χ4n) is 0.956. The molecule has 1 unspecified atom stereocenters. The summed E-state index contributed by atoms with van der Waals surface area (Å²) in [7, 11) is 0. The highest BCUT2D eigenvalue weighted by atomic mass is 19.1. The van der Waals surface area contributed by atoms with Crippen molar-refractivity contribution in [3.8, 4) is 0 Å². The number of rotatable bonds is 3. The first kappa shape index (κ1) is 9.51. The van der Waals surface area contributed by atoms with Crippen LogP contribution < -0.4 is 0 Å². The molecular weight excluding hydrogens is 173 g/mol. The van der Waals surface area contributed by atoms with E-state index in [-0.39, 0.29) is 12.4 Å². The van der Waals surface area contributed by atoms with Crippen LogP contribution in [0.5, 0.6) is 0 Å². The highest BCUT2D eigenvalue weighted by molar-refractivity contribution is 5.20. The van der Waals surface area contributed by atoms with Crippen LogP contribution in [0.15, 0.2) is 29.4 Å². The lowest BCUT2D eigenvalue weighted by Gasteiger charge is -2.06. The first-order valence-corrected chi connectivity index (χ1v) is 3.68. The Kier molecular flexibility index (Phi) is 3.25. The third kappa shape index (κ3) is 2.43. The molecule has 1 N–H and O–H groups in total. The van der Waals surface area contributed by atoms with Gasteiger partial charge in [-0.3, -0.25) is 0 Å². The maximum absolute atomic E-state index is 12.5. The van der Waals surface area contributed by atoms with Gasteiger partial charge < -0.3 is 5.11 Å². The van der Waals surface area contributed by atoms with Gasteiger partial charge in [0.25, 0.3) is 0 Å². The summed E-state index contributed by atoms with van der Waals surface area (Å²) in [5.41, 5.74) is 8.76. The van der Waals surface area contributed by atoms with E-state index in [2.05, 4.69) is 10.0 Å². The molecular formula is C8H8FN3O. The van der Waals surface area contributed by atoms with Crippen molar-refractivity contribution >= 4 is 0 Å². The Morgan fingerprint density at radius 2 is 2.08 bits per heavy atom. The van der Waals surface area contributed by atoms with Crippen LogP contribution in [-0.2, 0) is 0 Å².